The van der Waals surface area contributed by atoms with Crippen LogP contribution in [0.3, 0.4) is 0 Å². The minimum atomic E-state index is -0.395. The van der Waals surface area contributed by atoms with E-state index in [1.165, 1.54) is 6.21 Å². The number of aromatic amines is 1. The van der Waals surface area contributed by atoms with Crippen molar-refractivity contribution in [2.24, 2.45) is 5.10 Å². The number of nitrogens with one attached hydrogen (secondary N) is 2. The summed E-state index contributed by atoms with van der Waals surface area (Å²) in [6, 6.07) is 15.7. The number of carbonyl (C=O) groups is 1. The van der Waals surface area contributed by atoms with Crippen LogP contribution >= 0.6 is 0 Å². The van der Waals surface area contributed by atoms with Gasteiger partial charge in [-0.1, -0.05) is 13.3 Å². The molecule has 1 heterocycles. The van der Waals surface area contributed by atoms with Crippen LogP contribution in [0.4, 0.5) is 0 Å². The molecule has 0 radical (unpaired) electrons. The first-order valence-corrected chi connectivity index (χ1v) is 9.07. The van der Waals surface area contributed by atoms with E-state index in [1.54, 1.807) is 30.3 Å². The molecule has 28 heavy (non-hydrogen) atoms. The molecule has 0 aliphatic rings. The molecular formula is C21H22N4O3. The molecule has 3 rings (SSSR count). The summed E-state index contributed by atoms with van der Waals surface area (Å²) in [6.45, 7) is 2.82. The van der Waals surface area contributed by atoms with E-state index in [0.29, 0.717) is 18.0 Å². The van der Waals surface area contributed by atoms with Gasteiger partial charge in [0, 0.05) is 5.56 Å². The van der Waals surface area contributed by atoms with E-state index in [-0.39, 0.29) is 5.75 Å². The van der Waals surface area contributed by atoms with Crippen LogP contribution in [0.15, 0.2) is 59.7 Å². The first-order valence-electron chi connectivity index (χ1n) is 9.07. The normalized spacial score (nSPS) is 10.9. The number of phenolic OH excluding ortho intramolecular Hbond substituents is 1. The Labute approximate surface area is 163 Å². The summed E-state index contributed by atoms with van der Waals surface area (Å²) < 4.78 is 5.65. The van der Waals surface area contributed by atoms with E-state index in [2.05, 4.69) is 27.6 Å². The minimum Gasteiger partial charge on any atom is -0.508 e. The molecule has 1 amide bonds. The van der Waals surface area contributed by atoms with Crippen LogP contribution in [-0.2, 0) is 0 Å². The van der Waals surface area contributed by atoms with Gasteiger partial charge in [-0.05, 0) is 66.6 Å². The number of ether oxygens (including phenoxy) is 1. The highest BCUT2D eigenvalue weighted by molar-refractivity contribution is 5.94. The van der Waals surface area contributed by atoms with Gasteiger partial charge in [0.25, 0.3) is 5.91 Å². The van der Waals surface area contributed by atoms with Crippen LogP contribution in [-0.4, -0.2) is 34.0 Å². The molecule has 144 valence electrons. The van der Waals surface area contributed by atoms with Crippen LogP contribution in [0, 0.1) is 0 Å². The second-order valence-electron chi connectivity index (χ2n) is 6.18. The predicted octanol–water partition coefficient (Wildman–Crippen LogP) is 3.73. The lowest BCUT2D eigenvalue weighted by molar-refractivity contribution is 0.0950. The number of aromatic hydroxyl groups is 1. The van der Waals surface area contributed by atoms with Crippen LogP contribution in [0.2, 0.25) is 0 Å². The molecule has 0 aliphatic carbocycles. The Balaban J connectivity index is 1.58. The van der Waals surface area contributed by atoms with Crippen LogP contribution in [0.5, 0.6) is 11.5 Å². The van der Waals surface area contributed by atoms with Crippen LogP contribution < -0.4 is 10.2 Å². The minimum absolute atomic E-state index is 0.173. The summed E-state index contributed by atoms with van der Waals surface area (Å²) in [5.41, 5.74) is 5.04. The smallest absolute Gasteiger partial charge is 0.289 e. The highest BCUT2D eigenvalue weighted by atomic mass is 16.5. The maximum absolute atomic E-state index is 12.2. The van der Waals surface area contributed by atoms with Gasteiger partial charge >= 0.3 is 0 Å². The molecular weight excluding hydrogens is 356 g/mol. The number of amides is 1. The number of unbranched alkanes of at least 4 members (excludes halogenated alkanes) is 1. The quantitative estimate of drug-likeness (QED) is 0.316. The van der Waals surface area contributed by atoms with Crippen molar-refractivity contribution < 1.29 is 14.6 Å². The number of aromatic nitrogens is 2. The number of phenols is 1. The Bertz CT molecular complexity index is 931. The van der Waals surface area contributed by atoms with Gasteiger partial charge in [-0.25, -0.2) is 5.43 Å². The Morgan fingerprint density at radius 3 is 2.68 bits per heavy atom. The number of H-pyrrole nitrogens is 1. The van der Waals surface area contributed by atoms with E-state index in [0.717, 1.165) is 29.7 Å². The number of benzene rings is 2. The number of hydrogen-bond donors (Lipinski definition) is 3. The topological polar surface area (TPSA) is 99.6 Å². The first-order chi connectivity index (χ1) is 13.7. The van der Waals surface area contributed by atoms with Gasteiger partial charge in [0.1, 0.15) is 17.2 Å². The molecule has 3 aromatic rings. The standard InChI is InChI=1S/C21H22N4O3/c1-2-3-12-28-18-10-6-16(7-11-18)19-13-20(24-23-19)21(27)25-22-14-15-4-8-17(26)9-5-15/h4-11,13-14,26H,2-3,12H2,1H3,(H,23,24)(H,25,27)/b22-14-. The largest absolute Gasteiger partial charge is 0.508 e. The molecule has 7 nitrogen and oxygen atoms in total. The van der Waals surface area contributed by atoms with Gasteiger partial charge in [-0.15, -0.1) is 0 Å². The van der Waals surface area contributed by atoms with Crippen molar-refractivity contribution in [2.75, 3.05) is 6.61 Å². The fraction of sp³-hybridized carbons (Fsp3) is 0.190. The van der Waals surface area contributed by atoms with Crippen molar-refractivity contribution in [3.05, 3.63) is 65.9 Å². The lowest BCUT2D eigenvalue weighted by Crippen LogP contribution is -2.17. The number of hydrogen-bond acceptors (Lipinski definition) is 5. The Hall–Kier alpha value is -3.61. The summed E-state index contributed by atoms with van der Waals surface area (Å²) in [7, 11) is 0. The molecule has 3 N–H and O–H groups in total. The number of nitrogens with zero attached hydrogens (tertiary/aromatic N) is 2. The fourth-order valence-corrected chi connectivity index (χ4v) is 2.43. The zero-order chi connectivity index (χ0) is 19.8. The third kappa shape index (κ3) is 5.20. The van der Waals surface area contributed by atoms with Gasteiger partial charge in [-0.3, -0.25) is 9.89 Å². The average Bonchev–Trinajstić information content (AvgIpc) is 3.20. The molecule has 0 saturated carbocycles. The average molecular weight is 378 g/mol. The zero-order valence-electron chi connectivity index (χ0n) is 15.6. The second-order valence-corrected chi connectivity index (χ2v) is 6.18. The summed E-state index contributed by atoms with van der Waals surface area (Å²) in [5, 5.41) is 20.1. The molecule has 0 unspecified atom stereocenters. The lowest BCUT2D eigenvalue weighted by Gasteiger charge is -2.05. The van der Waals surface area contributed by atoms with Crippen molar-refractivity contribution in [2.45, 2.75) is 19.8 Å². The van der Waals surface area contributed by atoms with Crippen molar-refractivity contribution in [1.29, 1.82) is 0 Å². The molecule has 0 atom stereocenters. The first kappa shape index (κ1) is 19.2. The molecule has 2 aromatic carbocycles. The Morgan fingerprint density at radius 2 is 1.96 bits per heavy atom. The SMILES string of the molecule is CCCCOc1ccc(-c2cc(C(=O)N/N=C\c3ccc(O)cc3)[nH]n2)cc1. The van der Waals surface area contributed by atoms with Crippen molar-refractivity contribution in [1.82, 2.24) is 15.6 Å². The highest BCUT2D eigenvalue weighted by Crippen LogP contribution is 2.21. The van der Waals surface area contributed by atoms with Gasteiger partial charge in [0.15, 0.2) is 0 Å². The number of hydrazone groups is 1. The fourth-order valence-electron chi connectivity index (χ4n) is 2.43. The molecule has 0 bridgehead atoms. The third-order valence-electron chi connectivity index (χ3n) is 4.01. The summed E-state index contributed by atoms with van der Waals surface area (Å²) in [5.74, 6) is 0.592. The van der Waals surface area contributed by atoms with Crippen LogP contribution in [0.1, 0.15) is 35.8 Å². The zero-order valence-corrected chi connectivity index (χ0v) is 15.6. The van der Waals surface area contributed by atoms with Gasteiger partial charge in [0.05, 0.1) is 18.5 Å². The number of carbonyl (C=O) groups excluding carboxylic acids is 1. The van der Waals surface area contributed by atoms with Crippen molar-refractivity contribution in [3.63, 3.8) is 0 Å². The van der Waals surface area contributed by atoms with E-state index in [9.17, 15) is 9.90 Å². The van der Waals surface area contributed by atoms with Crippen molar-refractivity contribution >= 4 is 12.1 Å². The summed E-state index contributed by atoms with van der Waals surface area (Å²) >= 11 is 0. The molecule has 0 saturated heterocycles. The predicted molar refractivity (Wildman–Crippen MR) is 108 cm³/mol. The van der Waals surface area contributed by atoms with E-state index in [1.807, 2.05) is 24.3 Å². The molecule has 0 aliphatic heterocycles. The lowest BCUT2D eigenvalue weighted by atomic mass is 10.1. The monoisotopic (exact) mass is 378 g/mol. The Morgan fingerprint density at radius 1 is 1.21 bits per heavy atom. The molecule has 0 fully saturated rings. The Kier molecular flexibility index (Phi) is 6.41. The van der Waals surface area contributed by atoms with E-state index < -0.39 is 5.91 Å². The second kappa shape index (κ2) is 9.36. The maximum atomic E-state index is 12.2. The van der Waals surface area contributed by atoms with Gasteiger partial charge in [0.2, 0.25) is 0 Å². The summed E-state index contributed by atoms with van der Waals surface area (Å²) in [4.78, 5) is 12.2. The maximum Gasteiger partial charge on any atom is 0.289 e. The summed E-state index contributed by atoms with van der Waals surface area (Å²) in [6.07, 6.45) is 3.61. The molecule has 0 spiro atoms. The van der Waals surface area contributed by atoms with Crippen LogP contribution in [0.25, 0.3) is 11.3 Å². The van der Waals surface area contributed by atoms with Gasteiger partial charge < -0.3 is 9.84 Å². The van der Waals surface area contributed by atoms with Gasteiger partial charge in [-0.2, -0.15) is 10.2 Å². The third-order valence-corrected chi connectivity index (χ3v) is 4.01. The van der Waals surface area contributed by atoms with E-state index >= 15 is 0 Å². The molecule has 1 aromatic heterocycles. The van der Waals surface area contributed by atoms with E-state index in [4.69, 9.17) is 4.74 Å². The van der Waals surface area contributed by atoms with Crippen molar-refractivity contribution in [3.8, 4) is 22.8 Å². The highest BCUT2D eigenvalue weighted by Gasteiger charge is 2.10. The number of rotatable bonds is 8. The molecule has 7 heteroatoms.